The SMILES string of the molecule is [Na+].[Na+].[O-][P+]([O-])([O-])Cc1cccc(P(c2ccccc2)c2ccccc2)c1. The predicted molar refractivity (Wildman–Crippen MR) is 95.8 cm³/mol. The quantitative estimate of drug-likeness (QED) is 0.318. The first-order chi connectivity index (χ1) is 11.5. The van der Waals surface area contributed by atoms with Crippen LogP contribution in [0, 0.1) is 0 Å². The summed E-state index contributed by atoms with van der Waals surface area (Å²) in [5, 5.41) is 3.40. The van der Waals surface area contributed by atoms with E-state index in [9.17, 15) is 14.7 Å². The first kappa shape index (κ1) is 24.4. The Hall–Kier alpha value is 0.400. The van der Waals surface area contributed by atoms with E-state index in [1.54, 1.807) is 6.07 Å². The molecule has 3 aromatic carbocycles. The molecule has 0 fully saturated rings. The van der Waals surface area contributed by atoms with Gasteiger partial charge < -0.3 is 14.7 Å². The second-order valence-corrected chi connectivity index (χ2v) is 9.20. The zero-order chi connectivity index (χ0) is 17.0. The molecule has 0 aliphatic carbocycles. The summed E-state index contributed by atoms with van der Waals surface area (Å²) in [6.07, 6.45) is -0.451. The van der Waals surface area contributed by atoms with Crippen molar-refractivity contribution in [1.29, 1.82) is 0 Å². The van der Waals surface area contributed by atoms with Crippen LogP contribution in [0.4, 0.5) is 0 Å². The summed E-state index contributed by atoms with van der Waals surface area (Å²) >= 11 is 0. The van der Waals surface area contributed by atoms with Crippen LogP contribution >= 0.6 is 15.9 Å². The van der Waals surface area contributed by atoms with Gasteiger partial charge in [-0.3, -0.25) is 0 Å². The van der Waals surface area contributed by atoms with E-state index in [1.807, 2.05) is 54.6 Å². The van der Waals surface area contributed by atoms with Gasteiger partial charge in [-0.1, -0.05) is 78.9 Å². The molecule has 0 heterocycles. The van der Waals surface area contributed by atoms with Gasteiger partial charge in [0.15, 0.2) is 0 Å². The minimum absolute atomic E-state index is 0. The summed E-state index contributed by atoms with van der Waals surface area (Å²) in [5.74, 6) is 0. The molecule has 0 atom stereocenters. The average Bonchev–Trinajstić information content (AvgIpc) is 2.56. The number of hydrogen-bond acceptors (Lipinski definition) is 3. The van der Waals surface area contributed by atoms with Crippen LogP contribution in [0.1, 0.15) is 5.56 Å². The molecular weight excluding hydrogens is 384 g/mol. The van der Waals surface area contributed by atoms with Gasteiger partial charge in [0, 0.05) is 0 Å². The fraction of sp³-hybridized carbons (Fsp3) is 0.0526. The molecule has 0 aliphatic rings. The van der Waals surface area contributed by atoms with Crippen LogP contribution in [0.3, 0.4) is 0 Å². The zero-order valence-electron chi connectivity index (χ0n) is 14.9. The van der Waals surface area contributed by atoms with Crippen molar-refractivity contribution >= 4 is 31.8 Å². The molecule has 3 aromatic rings. The molecular formula is C19H16Na2O3P2. The standard InChI is InChI=1S/C19H18O3P2.2Na/c20-24(21,22)15-16-8-7-13-19(14-16)23(17-9-3-1-4-10-17)18-11-5-2-6-12-18;;/h1-14H,15H2,(H2,20,21,22);;/q;2*+1/p-2. The Morgan fingerprint density at radius 3 is 1.54 bits per heavy atom. The van der Waals surface area contributed by atoms with Gasteiger partial charge in [-0.25, -0.2) is 0 Å². The molecule has 0 N–H and O–H groups in total. The number of hydrogen-bond donors (Lipinski definition) is 0. The average molecular weight is 400 g/mol. The van der Waals surface area contributed by atoms with Crippen LogP contribution in [0.25, 0.3) is 0 Å². The summed E-state index contributed by atoms with van der Waals surface area (Å²) < 4.78 is 0. The van der Waals surface area contributed by atoms with Crippen LogP contribution in [0.5, 0.6) is 0 Å². The Morgan fingerprint density at radius 2 is 1.08 bits per heavy atom. The van der Waals surface area contributed by atoms with Crippen molar-refractivity contribution in [3.05, 3.63) is 90.5 Å². The second-order valence-electron chi connectivity index (χ2n) is 5.45. The van der Waals surface area contributed by atoms with Gasteiger partial charge in [0.2, 0.25) is 0 Å². The fourth-order valence-electron chi connectivity index (χ4n) is 2.62. The van der Waals surface area contributed by atoms with Crippen molar-refractivity contribution in [2.24, 2.45) is 0 Å². The van der Waals surface area contributed by atoms with Gasteiger partial charge in [-0.2, -0.15) is 7.94 Å². The third-order valence-electron chi connectivity index (χ3n) is 3.57. The van der Waals surface area contributed by atoms with Crippen LogP contribution in [-0.4, -0.2) is 0 Å². The Morgan fingerprint density at radius 1 is 0.615 bits per heavy atom. The van der Waals surface area contributed by atoms with Gasteiger partial charge in [0.05, 0.1) is 6.16 Å². The summed E-state index contributed by atoms with van der Waals surface area (Å²) in [6, 6.07) is 27.6. The smallest absolute Gasteiger partial charge is 0.687 e. The predicted octanol–water partition coefficient (Wildman–Crippen LogP) is -5.20. The monoisotopic (exact) mass is 400 g/mol. The maximum atomic E-state index is 11.1. The van der Waals surface area contributed by atoms with E-state index in [4.69, 9.17) is 0 Å². The van der Waals surface area contributed by atoms with E-state index in [0.717, 1.165) is 5.30 Å². The van der Waals surface area contributed by atoms with Crippen molar-refractivity contribution in [2.45, 2.75) is 6.16 Å². The van der Waals surface area contributed by atoms with E-state index < -0.39 is 22.0 Å². The molecule has 0 saturated heterocycles. The molecule has 0 bridgehead atoms. The minimum atomic E-state index is -4.57. The molecule has 26 heavy (non-hydrogen) atoms. The number of rotatable bonds is 5. The van der Waals surface area contributed by atoms with Gasteiger partial charge in [0.1, 0.15) is 0 Å². The van der Waals surface area contributed by atoms with Crippen molar-refractivity contribution in [2.75, 3.05) is 0 Å². The summed E-state index contributed by atoms with van der Waals surface area (Å²) in [4.78, 5) is 33.3. The topological polar surface area (TPSA) is 69.2 Å². The van der Waals surface area contributed by atoms with Gasteiger partial charge in [-0.15, -0.1) is 0 Å². The first-order valence-corrected chi connectivity index (χ1v) is 10.6. The largest absolute Gasteiger partial charge is 1.00 e. The van der Waals surface area contributed by atoms with Crippen molar-refractivity contribution in [3.63, 3.8) is 0 Å². The molecule has 122 valence electrons. The maximum absolute atomic E-state index is 11.1. The van der Waals surface area contributed by atoms with Crippen molar-refractivity contribution in [3.8, 4) is 0 Å². The van der Waals surface area contributed by atoms with Crippen LogP contribution in [0.15, 0.2) is 84.9 Å². The second kappa shape index (κ2) is 11.4. The molecule has 0 radical (unpaired) electrons. The van der Waals surface area contributed by atoms with E-state index in [0.29, 0.717) is 5.56 Å². The van der Waals surface area contributed by atoms with E-state index in [-0.39, 0.29) is 59.1 Å². The first-order valence-electron chi connectivity index (χ1n) is 7.53. The van der Waals surface area contributed by atoms with E-state index in [2.05, 4.69) is 24.3 Å². The van der Waals surface area contributed by atoms with E-state index >= 15 is 0 Å². The molecule has 0 aromatic heterocycles. The molecule has 0 amide bonds. The third-order valence-corrected chi connectivity index (χ3v) is 6.75. The van der Waals surface area contributed by atoms with Crippen LogP contribution in [-0.2, 0) is 6.16 Å². The fourth-order valence-corrected chi connectivity index (χ4v) is 5.63. The minimum Gasteiger partial charge on any atom is -0.687 e. The van der Waals surface area contributed by atoms with Gasteiger partial charge >= 0.3 is 59.1 Å². The summed E-state index contributed by atoms with van der Waals surface area (Å²) in [7, 11) is -5.37. The maximum Gasteiger partial charge on any atom is 1.00 e. The van der Waals surface area contributed by atoms with Gasteiger partial charge in [0.25, 0.3) is 0 Å². The number of benzene rings is 3. The molecule has 7 heteroatoms. The molecule has 3 rings (SSSR count). The van der Waals surface area contributed by atoms with Crippen LogP contribution in [0.2, 0.25) is 0 Å². The Balaban J connectivity index is 0.00000169. The van der Waals surface area contributed by atoms with E-state index in [1.165, 1.54) is 10.6 Å². The van der Waals surface area contributed by atoms with Crippen molar-refractivity contribution < 1.29 is 73.8 Å². The molecule has 0 spiro atoms. The molecule has 3 nitrogen and oxygen atoms in total. The molecule has 0 saturated carbocycles. The van der Waals surface area contributed by atoms with Crippen LogP contribution < -0.4 is 89.7 Å². The zero-order valence-corrected chi connectivity index (χ0v) is 20.7. The Bertz CT molecular complexity index is 757. The Kier molecular flexibility index (Phi) is 10.7. The molecule has 0 unspecified atom stereocenters. The van der Waals surface area contributed by atoms with Crippen molar-refractivity contribution in [1.82, 2.24) is 0 Å². The Labute approximate surface area is 200 Å². The summed E-state index contributed by atoms with van der Waals surface area (Å²) in [5.41, 5.74) is 0.542. The summed E-state index contributed by atoms with van der Waals surface area (Å²) in [6.45, 7) is 0. The molecule has 0 aliphatic heterocycles. The normalized spacial score (nSPS) is 10.8. The van der Waals surface area contributed by atoms with Gasteiger partial charge in [-0.05, 0) is 35.5 Å². The third kappa shape index (κ3) is 7.09.